The number of Topliss-reactive ketones (excluding diaryl/α,β-unsaturated/α-hetero) is 1. The molecule has 0 aliphatic carbocycles. The summed E-state index contributed by atoms with van der Waals surface area (Å²) in [6, 6.07) is 20.2. The maximum Gasteiger partial charge on any atom is 0.160 e. The number of carbonyl (C=O) groups is 1. The Morgan fingerprint density at radius 1 is 0.786 bits per heavy atom. The van der Waals surface area contributed by atoms with Crippen LogP contribution in [0.3, 0.4) is 0 Å². The van der Waals surface area contributed by atoms with Gasteiger partial charge >= 0.3 is 0 Å². The second-order valence-corrected chi connectivity index (χ2v) is 6.87. The molecule has 2 nitrogen and oxygen atoms in total. The summed E-state index contributed by atoms with van der Waals surface area (Å²) in [6.07, 6.45) is 0.663. The summed E-state index contributed by atoms with van der Waals surface area (Å²) in [5.74, 6) is 1.80. The Balaban J connectivity index is 0.00000136. The number of rotatable bonds is 5. The fraction of sp³-hybridized carbons (Fsp3) is 0.269. The summed E-state index contributed by atoms with van der Waals surface area (Å²) >= 11 is 0. The number of benzene rings is 3. The standard InChI is InChI=1S/C24H24O2.C2H6/c1-16-9-11-18(3)23(13-16)26-24-14-17(2)10-12-21(24)15-20-7-5-6-8-22(20)19(4)25;1-2/h5-14H,15H2,1-4H3;1-2H3. The minimum atomic E-state index is 0.0877. The summed E-state index contributed by atoms with van der Waals surface area (Å²) < 4.78 is 6.29. The van der Waals surface area contributed by atoms with Crippen LogP contribution in [0.4, 0.5) is 0 Å². The molecule has 0 bridgehead atoms. The molecule has 0 heterocycles. The van der Waals surface area contributed by atoms with E-state index in [4.69, 9.17) is 4.74 Å². The zero-order chi connectivity index (χ0) is 20.7. The van der Waals surface area contributed by atoms with Crippen LogP contribution < -0.4 is 4.74 Å². The Morgan fingerprint density at radius 2 is 1.39 bits per heavy atom. The van der Waals surface area contributed by atoms with Gasteiger partial charge in [-0.3, -0.25) is 4.79 Å². The molecule has 0 fully saturated rings. The molecule has 0 aromatic heterocycles. The van der Waals surface area contributed by atoms with Crippen LogP contribution in [0.25, 0.3) is 0 Å². The minimum absolute atomic E-state index is 0.0877. The van der Waals surface area contributed by atoms with Crippen LogP contribution in [0.5, 0.6) is 11.5 Å². The third-order valence-electron chi connectivity index (χ3n) is 4.56. The molecule has 146 valence electrons. The van der Waals surface area contributed by atoms with E-state index in [0.29, 0.717) is 6.42 Å². The number of hydrogen-bond donors (Lipinski definition) is 0. The predicted octanol–water partition coefficient (Wildman–Crippen LogP) is 7.22. The van der Waals surface area contributed by atoms with Crippen molar-refractivity contribution in [3.8, 4) is 11.5 Å². The molecule has 0 atom stereocenters. The SMILES string of the molecule is CC.CC(=O)c1ccccc1Cc1ccc(C)cc1Oc1cc(C)ccc1C. The average molecular weight is 375 g/mol. The molecule has 0 saturated heterocycles. The van der Waals surface area contributed by atoms with Gasteiger partial charge in [0.15, 0.2) is 5.78 Å². The summed E-state index contributed by atoms with van der Waals surface area (Å²) in [4.78, 5) is 11.9. The molecule has 28 heavy (non-hydrogen) atoms. The molecule has 0 spiro atoms. The van der Waals surface area contributed by atoms with Gasteiger partial charge in [-0.25, -0.2) is 0 Å². The highest BCUT2D eigenvalue weighted by molar-refractivity contribution is 5.95. The van der Waals surface area contributed by atoms with Gasteiger partial charge in [-0.2, -0.15) is 0 Å². The fourth-order valence-electron chi connectivity index (χ4n) is 3.06. The van der Waals surface area contributed by atoms with E-state index in [1.807, 2.05) is 38.1 Å². The average Bonchev–Trinajstić information content (AvgIpc) is 2.68. The third-order valence-corrected chi connectivity index (χ3v) is 4.56. The van der Waals surface area contributed by atoms with E-state index in [2.05, 4.69) is 57.2 Å². The van der Waals surface area contributed by atoms with Gasteiger partial charge in [-0.05, 0) is 67.6 Å². The summed E-state index contributed by atoms with van der Waals surface area (Å²) in [5.41, 5.74) is 6.29. The van der Waals surface area contributed by atoms with Crippen LogP contribution in [0.1, 0.15) is 58.9 Å². The molecule has 0 aliphatic heterocycles. The molecule has 3 aromatic carbocycles. The molecule has 0 N–H and O–H groups in total. The van der Waals surface area contributed by atoms with E-state index in [0.717, 1.165) is 39.3 Å². The minimum Gasteiger partial charge on any atom is -0.457 e. The smallest absolute Gasteiger partial charge is 0.160 e. The molecule has 0 radical (unpaired) electrons. The van der Waals surface area contributed by atoms with Crippen molar-refractivity contribution in [1.29, 1.82) is 0 Å². The lowest BCUT2D eigenvalue weighted by atomic mass is 9.96. The van der Waals surface area contributed by atoms with Crippen molar-refractivity contribution in [3.05, 3.63) is 94.0 Å². The van der Waals surface area contributed by atoms with E-state index in [1.165, 1.54) is 5.56 Å². The van der Waals surface area contributed by atoms with E-state index >= 15 is 0 Å². The summed E-state index contributed by atoms with van der Waals surface area (Å²) in [6.45, 7) is 11.8. The zero-order valence-corrected chi connectivity index (χ0v) is 17.8. The number of ether oxygens (including phenoxy) is 1. The van der Waals surface area contributed by atoms with Gasteiger partial charge in [0.2, 0.25) is 0 Å². The van der Waals surface area contributed by atoms with E-state index in [-0.39, 0.29) is 5.78 Å². The van der Waals surface area contributed by atoms with Crippen LogP contribution in [-0.4, -0.2) is 5.78 Å². The van der Waals surface area contributed by atoms with Crippen molar-refractivity contribution < 1.29 is 9.53 Å². The second kappa shape index (κ2) is 9.89. The van der Waals surface area contributed by atoms with Crippen molar-refractivity contribution in [2.75, 3.05) is 0 Å². The Hall–Kier alpha value is -2.87. The predicted molar refractivity (Wildman–Crippen MR) is 118 cm³/mol. The first-order chi connectivity index (χ1) is 13.4. The van der Waals surface area contributed by atoms with Crippen molar-refractivity contribution in [2.45, 2.75) is 48.0 Å². The summed E-state index contributed by atoms with van der Waals surface area (Å²) in [7, 11) is 0. The molecule has 0 unspecified atom stereocenters. The largest absolute Gasteiger partial charge is 0.457 e. The molecule has 3 aromatic rings. The first-order valence-corrected chi connectivity index (χ1v) is 9.87. The van der Waals surface area contributed by atoms with Crippen LogP contribution >= 0.6 is 0 Å². The van der Waals surface area contributed by atoms with E-state index in [1.54, 1.807) is 6.92 Å². The van der Waals surface area contributed by atoms with Crippen molar-refractivity contribution in [1.82, 2.24) is 0 Å². The lowest BCUT2D eigenvalue weighted by Gasteiger charge is -2.15. The maximum atomic E-state index is 11.9. The quantitative estimate of drug-likeness (QED) is 0.441. The highest BCUT2D eigenvalue weighted by Crippen LogP contribution is 2.31. The first-order valence-electron chi connectivity index (χ1n) is 9.87. The van der Waals surface area contributed by atoms with Gasteiger partial charge in [0.05, 0.1) is 0 Å². The fourth-order valence-corrected chi connectivity index (χ4v) is 3.06. The Kier molecular flexibility index (Phi) is 7.57. The molecular formula is C26H30O2. The van der Waals surface area contributed by atoms with Crippen LogP contribution in [0, 0.1) is 20.8 Å². The van der Waals surface area contributed by atoms with Gasteiger partial charge in [0, 0.05) is 12.0 Å². The Morgan fingerprint density at radius 3 is 2.07 bits per heavy atom. The van der Waals surface area contributed by atoms with Gasteiger partial charge in [-0.15, -0.1) is 0 Å². The van der Waals surface area contributed by atoms with Gasteiger partial charge in [-0.1, -0.05) is 62.4 Å². The van der Waals surface area contributed by atoms with Crippen LogP contribution in [-0.2, 0) is 6.42 Å². The number of ketones is 1. The van der Waals surface area contributed by atoms with Gasteiger partial charge < -0.3 is 4.74 Å². The Bertz CT molecular complexity index is 954. The first kappa shape index (κ1) is 21.4. The topological polar surface area (TPSA) is 26.3 Å². The molecule has 0 aliphatic rings. The van der Waals surface area contributed by atoms with Crippen LogP contribution in [0.15, 0.2) is 60.7 Å². The summed E-state index contributed by atoms with van der Waals surface area (Å²) in [5, 5.41) is 0. The van der Waals surface area contributed by atoms with Crippen molar-refractivity contribution >= 4 is 5.78 Å². The highest BCUT2D eigenvalue weighted by Gasteiger charge is 2.12. The number of hydrogen-bond acceptors (Lipinski definition) is 2. The molecule has 0 saturated carbocycles. The second-order valence-electron chi connectivity index (χ2n) is 6.87. The van der Waals surface area contributed by atoms with Gasteiger partial charge in [0.25, 0.3) is 0 Å². The number of carbonyl (C=O) groups excluding carboxylic acids is 1. The monoisotopic (exact) mass is 374 g/mol. The van der Waals surface area contributed by atoms with E-state index < -0.39 is 0 Å². The van der Waals surface area contributed by atoms with Gasteiger partial charge in [0.1, 0.15) is 11.5 Å². The zero-order valence-electron chi connectivity index (χ0n) is 17.8. The molecule has 2 heteroatoms. The molecule has 3 rings (SSSR count). The molecular weight excluding hydrogens is 344 g/mol. The number of aryl methyl sites for hydroxylation is 3. The third kappa shape index (κ3) is 5.32. The van der Waals surface area contributed by atoms with Crippen molar-refractivity contribution in [3.63, 3.8) is 0 Å². The highest BCUT2D eigenvalue weighted by atomic mass is 16.5. The van der Waals surface area contributed by atoms with E-state index in [9.17, 15) is 4.79 Å². The Labute approximate surface area is 169 Å². The lowest BCUT2D eigenvalue weighted by molar-refractivity contribution is 0.101. The van der Waals surface area contributed by atoms with Crippen LogP contribution in [0.2, 0.25) is 0 Å². The maximum absolute atomic E-state index is 11.9. The lowest BCUT2D eigenvalue weighted by Crippen LogP contribution is -2.02. The normalized spacial score (nSPS) is 10.1. The van der Waals surface area contributed by atoms with Crippen molar-refractivity contribution in [2.24, 2.45) is 0 Å². The molecule has 0 amide bonds.